The molecule has 1 nitrogen and oxygen atoms in total. The molecule has 1 atom stereocenters. The molecule has 1 fully saturated rings. The van der Waals surface area contributed by atoms with Crippen LogP contribution in [0.5, 0.6) is 0 Å². The summed E-state index contributed by atoms with van der Waals surface area (Å²) in [7, 11) is 0. The van der Waals surface area contributed by atoms with Gasteiger partial charge in [-0.2, -0.15) is 0 Å². The van der Waals surface area contributed by atoms with Crippen LogP contribution in [0.1, 0.15) is 30.7 Å². The van der Waals surface area contributed by atoms with Crippen LogP contribution in [-0.2, 0) is 0 Å². The molecule has 15 heavy (non-hydrogen) atoms. The monoisotopic (exact) mass is 209 g/mol. The Balaban J connectivity index is 2.01. The van der Waals surface area contributed by atoms with Crippen LogP contribution in [0.15, 0.2) is 12.1 Å². The molecule has 2 aliphatic rings. The lowest BCUT2D eigenvalue weighted by molar-refractivity contribution is 0.272. The van der Waals surface area contributed by atoms with E-state index in [1.54, 1.807) is 0 Å². The second-order valence-corrected chi connectivity index (χ2v) is 4.53. The Morgan fingerprint density at radius 1 is 1.20 bits per heavy atom. The van der Waals surface area contributed by atoms with E-state index >= 15 is 0 Å². The summed E-state index contributed by atoms with van der Waals surface area (Å²) in [6.45, 7) is 0.764. The second-order valence-electron chi connectivity index (χ2n) is 4.53. The first-order valence-corrected chi connectivity index (χ1v) is 5.48. The van der Waals surface area contributed by atoms with Gasteiger partial charge in [-0.1, -0.05) is 6.42 Å². The number of benzene rings is 1. The van der Waals surface area contributed by atoms with E-state index in [-0.39, 0.29) is 0 Å². The largest absolute Gasteiger partial charge is 0.382 e. The predicted molar refractivity (Wildman–Crippen MR) is 54.9 cm³/mol. The van der Waals surface area contributed by atoms with Crippen molar-refractivity contribution in [3.8, 4) is 0 Å². The summed E-state index contributed by atoms with van der Waals surface area (Å²) in [6, 6.07) is 2.44. The number of fused-ring (bicyclic) bond motifs is 1. The maximum absolute atomic E-state index is 13.4. The average Bonchev–Trinajstić information content (AvgIpc) is 2.46. The van der Waals surface area contributed by atoms with E-state index in [0.29, 0.717) is 17.5 Å². The second kappa shape index (κ2) is 3.19. The van der Waals surface area contributed by atoms with Gasteiger partial charge >= 0.3 is 0 Å². The lowest BCUT2D eigenvalue weighted by Crippen LogP contribution is -2.21. The van der Waals surface area contributed by atoms with Gasteiger partial charge in [0.05, 0.1) is 5.69 Å². The molecule has 1 saturated carbocycles. The molecular weight excluding hydrogens is 196 g/mol. The van der Waals surface area contributed by atoms with Crippen molar-refractivity contribution < 1.29 is 8.78 Å². The highest BCUT2D eigenvalue weighted by molar-refractivity contribution is 5.59. The van der Waals surface area contributed by atoms with Gasteiger partial charge < -0.3 is 5.32 Å². The maximum Gasteiger partial charge on any atom is 0.149 e. The Kier molecular flexibility index (Phi) is 1.94. The number of halogens is 2. The van der Waals surface area contributed by atoms with Crippen molar-refractivity contribution in [3.05, 3.63) is 29.3 Å². The van der Waals surface area contributed by atoms with Crippen LogP contribution in [0.2, 0.25) is 0 Å². The molecule has 3 heteroatoms. The summed E-state index contributed by atoms with van der Waals surface area (Å²) in [5.41, 5.74) is 1.37. The van der Waals surface area contributed by atoms with Gasteiger partial charge in [0.2, 0.25) is 0 Å². The molecule has 3 rings (SSSR count). The average molecular weight is 209 g/mol. The SMILES string of the molecule is Fc1cc(F)c2c(c1)C(C1CCC1)CN2. The molecule has 1 N–H and O–H groups in total. The fourth-order valence-corrected chi connectivity index (χ4v) is 2.66. The van der Waals surface area contributed by atoms with Crippen LogP contribution in [-0.4, -0.2) is 6.54 Å². The number of anilines is 1. The summed E-state index contributed by atoms with van der Waals surface area (Å²) < 4.78 is 26.5. The molecule has 0 bridgehead atoms. The van der Waals surface area contributed by atoms with Gasteiger partial charge in [-0.05, 0) is 30.4 Å². The third-order valence-electron chi connectivity index (χ3n) is 3.70. The molecule has 0 aromatic heterocycles. The Morgan fingerprint density at radius 3 is 2.67 bits per heavy atom. The minimum absolute atomic E-state index is 0.318. The topological polar surface area (TPSA) is 12.0 Å². The number of hydrogen-bond donors (Lipinski definition) is 1. The zero-order valence-electron chi connectivity index (χ0n) is 8.39. The van der Waals surface area contributed by atoms with Crippen LogP contribution in [0.3, 0.4) is 0 Å². The zero-order valence-corrected chi connectivity index (χ0v) is 8.39. The van der Waals surface area contributed by atoms with Crippen LogP contribution >= 0.6 is 0 Å². The van der Waals surface area contributed by atoms with E-state index in [4.69, 9.17) is 0 Å². The van der Waals surface area contributed by atoms with Gasteiger partial charge in [0.25, 0.3) is 0 Å². The lowest BCUT2D eigenvalue weighted by atomic mass is 9.74. The highest BCUT2D eigenvalue weighted by Crippen LogP contribution is 2.45. The summed E-state index contributed by atoms with van der Waals surface area (Å²) in [5.74, 6) is 0.0324. The Labute approximate surface area is 87.5 Å². The number of hydrogen-bond acceptors (Lipinski definition) is 1. The summed E-state index contributed by atoms with van der Waals surface area (Å²) >= 11 is 0. The summed E-state index contributed by atoms with van der Waals surface area (Å²) in [6.07, 6.45) is 3.65. The highest BCUT2D eigenvalue weighted by Gasteiger charge is 2.34. The van der Waals surface area contributed by atoms with Gasteiger partial charge in [0.15, 0.2) is 0 Å². The summed E-state index contributed by atoms with van der Waals surface area (Å²) in [4.78, 5) is 0. The zero-order chi connectivity index (χ0) is 10.4. The Morgan fingerprint density at radius 2 is 2.00 bits per heavy atom. The first-order chi connectivity index (χ1) is 7.25. The van der Waals surface area contributed by atoms with E-state index in [9.17, 15) is 8.78 Å². The molecule has 0 radical (unpaired) electrons. The van der Waals surface area contributed by atoms with Crippen molar-refractivity contribution in [2.45, 2.75) is 25.2 Å². The predicted octanol–water partition coefficient (Wildman–Crippen LogP) is 3.27. The van der Waals surface area contributed by atoms with Gasteiger partial charge in [-0.25, -0.2) is 8.78 Å². The Hall–Kier alpha value is -1.12. The van der Waals surface area contributed by atoms with Crippen LogP contribution in [0.4, 0.5) is 14.5 Å². The van der Waals surface area contributed by atoms with Crippen molar-refractivity contribution in [2.24, 2.45) is 5.92 Å². The van der Waals surface area contributed by atoms with Crippen molar-refractivity contribution >= 4 is 5.69 Å². The van der Waals surface area contributed by atoms with Crippen molar-refractivity contribution in [1.29, 1.82) is 0 Å². The van der Waals surface area contributed by atoms with E-state index in [0.717, 1.165) is 18.2 Å². The molecule has 1 unspecified atom stereocenters. The summed E-state index contributed by atoms with van der Waals surface area (Å²) in [5, 5.41) is 3.05. The van der Waals surface area contributed by atoms with Gasteiger partial charge in [-0.15, -0.1) is 0 Å². The van der Waals surface area contributed by atoms with E-state index < -0.39 is 11.6 Å². The standard InChI is InChI=1S/C12H13F2N/c13-8-4-9-10(7-2-1-3-7)6-15-12(9)11(14)5-8/h4-5,7,10,15H,1-3,6H2. The van der Waals surface area contributed by atoms with Gasteiger partial charge in [0.1, 0.15) is 11.6 Å². The fraction of sp³-hybridized carbons (Fsp3) is 0.500. The van der Waals surface area contributed by atoms with Crippen LogP contribution < -0.4 is 5.32 Å². The first kappa shape index (κ1) is 9.13. The van der Waals surface area contributed by atoms with E-state index in [1.807, 2.05) is 0 Å². The lowest BCUT2D eigenvalue weighted by Gasteiger charge is -2.31. The maximum atomic E-state index is 13.4. The smallest absolute Gasteiger partial charge is 0.149 e. The van der Waals surface area contributed by atoms with Gasteiger partial charge in [0, 0.05) is 18.5 Å². The van der Waals surface area contributed by atoms with E-state index in [2.05, 4.69) is 5.32 Å². The highest BCUT2D eigenvalue weighted by atomic mass is 19.1. The van der Waals surface area contributed by atoms with Gasteiger partial charge in [-0.3, -0.25) is 0 Å². The van der Waals surface area contributed by atoms with Crippen LogP contribution in [0.25, 0.3) is 0 Å². The minimum Gasteiger partial charge on any atom is -0.382 e. The molecule has 0 spiro atoms. The molecule has 0 amide bonds. The normalized spacial score (nSPS) is 24.5. The molecular formula is C12H13F2N. The Bertz CT molecular complexity index is 399. The van der Waals surface area contributed by atoms with Crippen molar-refractivity contribution in [2.75, 3.05) is 11.9 Å². The minimum atomic E-state index is -0.459. The molecule has 80 valence electrons. The van der Waals surface area contributed by atoms with Crippen molar-refractivity contribution in [3.63, 3.8) is 0 Å². The molecule has 1 aliphatic carbocycles. The molecule has 1 aromatic carbocycles. The van der Waals surface area contributed by atoms with Crippen LogP contribution in [0, 0.1) is 17.6 Å². The molecule has 1 heterocycles. The third-order valence-corrected chi connectivity index (χ3v) is 3.70. The molecule has 0 saturated heterocycles. The van der Waals surface area contributed by atoms with E-state index in [1.165, 1.54) is 25.3 Å². The first-order valence-electron chi connectivity index (χ1n) is 5.48. The number of nitrogens with one attached hydrogen (secondary N) is 1. The third kappa shape index (κ3) is 1.33. The van der Waals surface area contributed by atoms with Crippen molar-refractivity contribution in [1.82, 2.24) is 0 Å². The quantitative estimate of drug-likeness (QED) is 0.748. The fourth-order valence-electron chi connectivity index (χ4n) is 2.66. The number of rotatable bonds is 1. The molecule has 1 aliphatic heterocycles. The molecule has 1 aromatic rings.